The Kier molecular flexibility index (Phi) is 5.67. The highest BCUT2D eigenvalue weighted by molar-refractivity contribution is 5.48. The van der Waals surface area contributed by atoms with E-state index in [1.165, 1.54) is 6.07 Å². The van der Waals surface area contributed by atoms with Crippen LogP contribution in [0.2, 0.25) is 0 Å². The number of likely N-dealkylation sites (tertiary alicyclic amines) is 1. The van der Waals surface area contributed by atoms with Crippen molar-refractivity contribution in [2.24, 2.45) is 0 Å². The molecular weight excluding hydrogens is 371 g/mol. The van der Waals surface area contributed by atoms with Crippen molar-refractivity contribution >= 4 is 0 Å². The van der Waals surface area contributed by atoms with Crippen LogP contribution < -0.4 is 10.3 Å². The van der Waals surface area contributed by atoms with Crippen LogP contribution in [0.3, 0.4) is 0 Å². The largest absolute Gasteiger partial charge is 0.497 e. The Labute approximate surface area is 168 Å². The standard InChI is InChI=1S/C22H23FN4O2/c1-29-17-7-8-18(23)16(11-17)14-27-10-4-5-15(13-27)20-12-21(28)26-22(25-20)19-6-2-3-9-24-19/h2-3,6-9,11-12,15H,4-5,10,13-14H2,1H3,(H,25,26,28). The zero-order valence-corrected chi connectivity index (χ0v) is 16.3. The van der Waals surface area contributed by atoms with Gasteiger partial charge in [0.1, 0.15) is 17.3 Å². The average molecular weight is 394 g/mol. The smallest absolute Gasteiger partial charge is 0.251 e. The molecule has 0 aliphatic carbocycles. The Hall–Kier alpha value is -3.06. The number of halogens is 1. The van der Waals surface area contributed by atoms with Crippen LogP contribution in [0, 0.1) is 5.82 Å². The quantitative estimate of drug-likeness (QED) is 0.719. The molecule has 2 aromatic heterocycles. The van der Waals surface area contributed by atoms with Gasteiger partial charge in [-0.25, -0.2) is 9.37 Å². The Morgan fingerprint density at radius 2 is 2.17 bits per heavy atom. The molecule has 3 heterocycles. The number of piperidine rings is 1. The van der Waals surface area contributed by atoms with Crippen molar-refractivity contribution < 1.29 is 9.13 Å². The molecule has 1 aliphatic heterocycles. The van der Waals surface area contributed by atoms with Gasteiger partial charge in [0.2, 0.25) is 0 Å². The van der Waals surface area contributed by atoms with Crippen LogP contribution in [0.4, 0.5) is 4.39 Å². The van der Waals surface area contributed by atoms with Gasteiger partial charge in [-0.3, -0.25) is 14.7 Å². The van der Waals surface area contributed by atoms with E-state index in [9.17, 15) is 9.18 Å². The molecule has 7 heteroatoms. The molecule has 0 spiro atoms. The van der Waals surface area contributed by atoms with Crippen molar-refractivity contribution in [3.05, 3.63) is 76.1 Å². The number of nitrogens with zero attached hydrogens (tertiary/aromatic N) is 3. The van der Waals surface area contributed by atoms with Crippen molar-refractivity contribution in [2.45, 2.75) is 25.3 Å². The number of aromatic amines is 1. The summed E-state index contributed by atoms with van der Waals surface area (Å²) in [6, 6.07) is 11.9. The minimum absolute atomic E-state index is 0.113. The molecule has 1 aromatic carbocycles. The van der Waals surface area contributed by atoms with Crippen LogP contribution in [-0.2, 0) is 6.54 Å². The second-order valence-corrected chi connectivity index (χ2v) is 7.27. The Morgan fingerprint density at radius 3 is 2.97 bits per heavy atom. The molecule has 0 radical (unpaired) electrons. The number of methoxy groups -OCH3 is 1. The number of pyridine rings is 1. The van der Waals surface area contributed by atoms with E-state index in [0.29, 0.717) is 29.4 Å². The lowest BCUT2D eigenvalue weighted by molar-refractivity contribution is 0.196. The van der Waals surface area contributed by atoms with Crippen molar-refractivity contribution in [1.82, 2.24) is 19.9 Å². The van der Waals surface area contributed by atoms with Crippen LogP contribution in [0.25, 0.3) is 11.5 Å². The monoisotopic (exact) mass is 394 g/mol. The number of nitrogens with one attached hydrogen (secondary N) is 1. The third-order valence-electron chi connectivity index (χ3n) is 5.24. The summed E-state index contributed by atoms with van der Waals surface area (Å²) >= 11 is 0. The molecule has 150 valence electrons. The molecule has 1 fully saturated rings. The SMILES string of the molecule is COc1ccc(F)c(CN2CCCC(c3cc(=O)[nH]c(-c4ccccn4)n3)C2)c1. The molecule has 4 rings (SSSR count). The van der Waals surface area contributed by atoms with Crippen LogP contribution in [0.15, 0.2) is 53.5 Å². The predicted octanol–water partition coefficient (Wildman–Crippen LogP) is 3.36. The van der Waals surface area contributed by atoms with E-state index in [2.05, 4.69) is 19.9 Å². The zero-order valence-electron chi connectivity index (χ0n) is 16.3. The molecule has 6 nitrogen and oxygen atoms in total. The predicted molar refractivity (Wildman–Crippen MR) is 108 cm³/mol. The van der Waals surface area contributed by atoms with Gasteiger partial charge in [0, 0.05) is 36.8 Å². The molecule has 0 bridgehead atoms. The van der Waals surface area contributed by atoms with E-state index < -0.39 is 0 Å². The fourth-order valence-corrected chi connectivity index (χ4v) is 3.79. The Bertz CT molecular complexity index is 1040. The molecule has 1 N–H and O–H groups in total. The van der Waals surface area contributed by atoms with Gasteiger partial charge in [-0.15, -0.1) is 0 Å². The first kappa shape index (κ1) is 19.3. The number of H-pyrrole nitrogens is 1. The number of aromatic nitrogens is 3. The van der Waals surface area contributed by atoms with Crippen molar-refractivity contribution in [1.29, 1.82) is 0 Å². The minimum atomic E-state index is -0.236. The van der Waals surface area contributed by atoms with Gasteiger partial charge in [0.15, 0.2) is 5.82 Å². The maximum absolute atomic E-state index is 14.2. The molecule has 1 atom stereocenters. The third kappa shape index (κ3) is 4.51. The molecule has 0 saturated carbocycles. The summed E-state index contributed by atoms with van der Waals surface area (Å²) in [5.74, 6) is 0.997. The van der Waals surface area contributed by atoms with Crippen LogP contribution in [-0.4, -0.2) is 40.1 Å². The maximum atomic E-state index is 14.2. The normalized spacial score (nSPS) is 17.2. The first-order chi connectivity index (χ1) is 14.1. The summed E-state index contributed by atoms with van der Waals surface area (Å²) in [5, 5.41) is 0. The van der Waals surface area contributed by atoms with Crippen LogP contribution >= 0.6 is 0 Å². The fraction of sp³-hybridized carbons (Fsp3) is 0.318. The van der Waals surface area contributed by atoms with E-state index >= 15 is 0 Å². The van der Waals surface area contributed by atoms with Gasteiger partial charge in [0.25, 0.3) is 5.56 Å². The molecule has 1 saturated heterocycles. The average Bonchev–Trinajstić information content (AvgIpc) is 2.76. The first-order valence-electron chi connectivity index (χ1n) is 9.70. The molecule has 3 aromatic rings. The van der Waals surface area contributed by atoms with Gasteiger partial charge in [-0.05, 0) is 49.7 Å². The highest BCUT2D eigenvalue weighted by Gasteiger charge is 2.24. The second kappa shape index (κ2) is 8.53. The number of hydrogen-bond acceptors (Lipinski definition) is 5. The summed E-state index contributed by atoms with van der Waals surface area (Å²) in [6.07, 6.45) is 3.58. The lowest BCUT2D eigenvalue weighted by Gasteiger charge is -2.32. The topological polar surface area (TPSA) is 71.1 Å². The van der Waals surface area contributed by atoms with E-state index in [4.69, 9.17) is 4.74 Å². The van der Waals surface area contributed by atoms with Gasteiger partial charge in [-0.2, -0.15) is 0 Å². The summed E-state index contributed by atoms with van der Waals surface area (Å²) in [5.41, 5.74) is 1.81. The summed E-state index contributed by atoms with van der Waals surface area (Å²) in [4.78, 5) is 26.1. The Morgan fingerprint density at radius 1 is 1.28 bits per heavy atom. The number of benzene rings is 1. The number of rotatable bonds is 5. The number of hydrogen-bond donors (Lipinski definition) is 1. The van der Waals surface area contributed by atoms with E-state index in [1.54, 1.807) is 31.5 Å². The van der Waals surface area contributed by atoms with Gasteiger partial charge in [-0.1, -0.05) is 6.07 Å². The summed E-state index contributed by atoms with van der Waals surface area (Å²) in [7, 11) is 1.58. The van der Waals surface area contributed by atoms with Gasteiger partial charge < -0.3 is 9.72 Å². The highest BCUT2D eigenvalue weighted by atomic mass is 19.1. The van der Waals surface area contributed by atoms with Crippen LogP contribution in [0.5, 0.6) is 5.75 Å². The lowest BCUT2D eigenvalue weighted by Crippen LogP contribution is -2.35. The molecule has 1 aliphatic rings. The fourth-order valence-electron chi connectivity index (χ4n) is 3.79. The Balaban J connectivity index is 1.55. The van der Waals surface area contributed by atoms with Crippen molar-refractivity contribution in [3.63, 3.8) is 0 Å². The maximum Gasteiger partial charge on any atom is 0.251 e. The molecular formula is C22H23FN4O2. The van der Waals surface area contributed by atoms with E-state index in [1.807, 2.05) is 18.2 Å². The molecule has 1 unspecified atom stereocenters. The molecule has 0 amide bonds. The summed E-state index contributed by atoms with van der Waals surface area (Å²) in [6.45, 7) is 2.09. The van der Waals surface area contributed by atoms with Crippen molar-refractivity contribution in [2.75, 3.05) is 20.2 Å². The van der Waals surface area contributed by atoms with Crippen molar-refractivity contribution in [3.8, 4) is 17.3 Å². The minimum Gasteiger partial charge on any atom is -0.497 e. The summed E-state index contributed by atoms with van der Waals surface area (Å²) < 4.78 is 19.4. The number of ether oxygens (including phenoxy) is 1. The highest BCUT2D eigenvalue weighted by Crippen LogP contribution is 2.28. The lowest BCUT2D eigenvalue weighted by atomic mass is 9.94. The third-order valence-corrected chi connectivity index (χ3v) is 5.24. The second-order valence-electron chi connectivity index (χ2n) is 7.27. The van der Waals surface area contributed by atoms with Gasteiger partial charge >= 0.3 is 0 Å². The zero-order chi connectivity index (χ0) is 20.2. The van der Waals surface area contributed by atoms with Gasteiger partial charge in [0.05, 0.1) is 12.8 Å². The first-order valence-corrected chi connectivity index (χ1v) is 9.70. The van der Waals surface area contributed by atoms with Crippen LogP contribution in [0.1, 0.15) is 30.0 Å². The van der Waals surface area contributed by atoms with E-state index in [-0.39, 0.29) is 17.3 Å². The molecule has 29 heavy (non-hydrogen) atoms. The van der Waals surface area contributed by atoms with E-state index in [0.717, 1.165) is 31.6 Å².